The van der Waals surface area contributed by atoms with E-state index in [0.717, 1.165) is 31.1 Å². The summed E-state index contributed by atoms with van der Waals surface area (Å²) in [5, 5.41) is 4.96. The van der Waals surface area contributed by atoms with Crippen LogP contribution in [0.4, 0.5) is 0 Å². The molecule has 1 aromatic carbocycles. The summed E-state index contributed by atoms with van der Waals surface area (Å²) in [6.07, 6.45) is 2.48. The van der Waals surface area contributed by atoms with Gasteiger partial charge in [0, 0.05) is 19.0 Å². The van der Waals surface area contributed by atoms with Crippen LogP contribution in [0.15, 0.2) is 30.3 Å². The van der Waals surface area contributed by atoms with E-state index in [9.17, 15) is 0 Å². The van der Waals surface area contributed by atoms with Gasteiger partial charge in [0.15, 0.2) is 4.77 Å². The monoisotopic (exact) mass is 372 g/mol. The highest BCUT2D eigenvalue weighted by atomic mass is 32.1. The number of rotatable bonds is 9. The summed E-state index contributed by atoms with van der Waals surface area (Å²) >= 11 is 5.84. The van der Waals surface area contributed by atoms with Gasteiger partial charge >= 0.3 is 0 Å². The van der Waals surface area contributed by atoms with Gasteiger partial charge in [0.05, 0.1) is 13.2 Å². The summed E-state index contributed by atoms with van der Waals surface area (Å²) < 4.78 is 5.16. The first-order chi connectivity index (χ1) is 12.4. The molecular weight excluding hydrogens is 340 g/mol. The van der Waals surface area contributed by atoms with Crippen molar-refractivity contribution in [1.82, 2.24) is 19.2 Å². The van der Waals surface area contributed by atoms with Crippen LogP contribution in [-0.4, -0.2) is 32.3 Å². The number of aromatic nitrogens is 3. The van der Waals surface area contributed by atoms with E-state index in [1.807, 2.05) is 0 Å². The van der Waals surface area contributed by atoms with Crippen molar-refractivity contribution < 1.29 is 0 Å². The van der Waals surface area contributed by atoms with Crippen molar-refractivity contribution in [2.24, 2.45) is 11.8 Å². The number of benzene rings is 1. The predicted octanol–water partition coefficient (Wildman–Crippen LogP) is 4.91. The Hall–Kier alpha value is -1.46. The fraction of sp³-hybridized carbons (Fsp3) is 0.619. The Morgan fingerprint density at radius 3 is 2.23 bits per heavy atom. The zero-order valence-corrected chi connectivity index (χ0v) is 17.4. The number of hydrogen-bond donors (Lipinski definition) is 0. The topological polar surface area (TPSA) is 26.0 Å². The molecule has 142 valence electrons. The van der Waals surface area contributed by atoms with Crippen molar-refractivity contribution in [3.8, 4) is 0 Å². The Balaban J connectivity index is 1.85. The summed E-state index contributed by atoms with van der Waals surface area (Å²) in [5.41, 5.74) is 1.28. The quantitative estimate of drug-likeness (QED) is 0.585. The maximum atomic E-state index is 5.84. The molecule has 0 N–H and O–H groups in total. The van der Waals surface area contributed by atoms with Gasteiger partial charge in [-0.1, -0.05) is 58.0 Å². The minimum absolute atomic E-state index is 0.588. The van der Waals surface area contributed by atoms with Crippen LogP contribution in [0.1, 0.15) is 57.8 Å². The van der Waals surface area contributed by atoms with Gasteiger partial charge in [-0.2, -0.15) is 5.10 Å². The molecule has 26 heavy (non-hydrogen) atoms. The van der Waals surface area contributed by atoms with E-state index in [-0.39, 0.29) is 0 Å². The summed E-state index contributed by atoms with van der Waals surface area (Å²) in [4.78, 5) is 2.49. The molecule has 0 saturated heterocycles. The average molecular weight is 373 g/mol. The number of nitrogens with zero attached hydrogens (tertiary/aromatic N) is 4. The van der Waals surface area contributed by atoms with Crippen molar-refractivity contribution in [3.63, 3.8) is 0 Å². The molecule has 0 aliphatic heterocycles. The highest BCUT2D eigenvalue weighted by Crippen LogP contribution is 2.39. The second-order valence-electron chi connectivity index (χ2n) is 8.45. The largest absolute Gasteiger partial charge is 0.299 e. The summed E-state index contributed by atoms with van der Waals surface area (Å²) in [6.45, 7) is 12.9. The molecule has 0 atom stereocenters. The minimum atomic E-state index is 0.588. The third-order valence-electron chi connectivity index (χ3n) is 4.66. The molecule has 1 saturated carbocycles. The Morgan fingerprint density at radius 1 is 1.08 bits per heavy atom. The van der Waals surface area contributed by atoms with Gasteiger partial charge in [-0.05, 0) is 42.5 Å². The first-order valence-corrected chi connectivity index (χ1v) is 10.3. The van der Waals surface area contributed by atoms with Crippen molar-refractivity contribution in [2.45, 2.75) is 59.7 Å². The third-order valence-corrected chi connectivity index (χ3v) is 5.09. The van der Waals surface area contributed by atoms with E-state index in [0.29, 0.717) is 17.8 Å². The number of hydrogen-bond acceptors (Lipinski definition) is 3. The lowest BCUT2D eigenvalue weighted by molar-refractivity contribution is 0.164. The molecule has 0 spiro atoms. The second kappa shape index (κ2) is 8.49. The third kappa shape index (κ3) is 5.04. The second-order valence-corrected chi connectivity index (χ2v) is 8.82. The molecule has 2 aromatic rings. The molecule has 0 amide bonds. The van der Waals surface area contributed by atoms with Gasteiger partial charge in [-0.25, -0.2) is 4.68 Å². The van der Waals surface area contributed by atoms with Crippen LogP contribution in [0.25, 0.3) is 0 Å². The Labute approximate surface area is 162 Å². The Morgan fingerprint density at radius 2 is 1.69 bits per heavy atom. The molecule has 1 aromatic heterocycles. The molecule has 0 bridgehead atoms. The van der Waals surface area contributed by atoms with Crippen molar-refractivity contribution >= 4 is 12.2 Å². The van der Waals surface area contributed by atoms with E-state index in [1.165, 1.54) is 24.2 Å². The maximum absolute atomic E-state index is 5.84. The molecule has 0 unspecified atom stereocenters. The molecule has 0 radical (unpaired) electrons. The van der Waals surface area contributed by atoms with Crippen LogP contribution < -0.4 is 0 Å². The van der Waals surface area contributed by atoms with Crippen LogP contribution >= 0.6 is 12.2 Å². The lowest BCUT2D eigenvalue weighted by Crippen LogP contribution is -2.33. The predicted molar refractivity (Wildman–Crippen MR) is 110 cm³/mol. The van der Waals surface area contributed by atoms with Gasteiger partial charge in [0.1, 0.15) is 5.82 Å². The molecule has 4 nitrogen and oxygen atoms in total. The van der Waals surface area contributed by atoms with Crippen LogP contribution in [0, 0.1) is 16.6 Å². The smallest absolute Gasteiger partial charge is 0.199 e. The minimum Gasteiger partial charge on any atom is -0.299 e. The lowest BCUT2D eigenvalue weighted by Gasteiger charge is -2.25. The fourth-order valence-corrected chi connectivity index (χ4v) is 3.78. The van der Waals surface area contributed by atoms with Gasteiger partial charge in [-0.15, -0.1) is 0 Å². The van der Waals surface area contributed by atoms with E-state index >= 15 is 0 Å². The SMILES string of the molecule is CC(C)CN(CC(C)C)Cn1nc(C2CC2)n(Cc2ccccc2)c1=S. The van der Waals surface area contributed by atoms with Gasteiger partial charge < -0.3 is 0 Å². The van der Waals surface area contributed by atoms with Gasteiger partial charge in [0.25, 0.3) is 0 Å². The molecule has 3 rings (SSSR count). The highest BCUT2D eigenvalue weighted by molar-refractivity contribution is 7.71. The molecule has 1 fully saturated rings. The first kappa shape index (κ1) is 19.3. The Bertz CT molecular complexity index is 746. The van der Waals surface area contributed by atoms with Crippen LogP contribution in [-0.2, 0) is 13.2 Å². The molecule has 1 aliphatic rings. The normalized spacial score (nSPS) is 14.7. The lowest BCUT2D eigenvalue weighted by atomic mass is 10.1. The van der Waals surface area contributed by atoms with Gasteiger partial charge in [-0.3, -0.25) is 9.47 Å². The maximum Gasteiger partial charge on any atom is 0.199 e. The summed E-state index contributed by atoms with van der Waals surface area (Å²) in [5.74, 6) is 3.03. The van der Waals surface area contributed by atoms with Gasteiger partial charge in [0.2, 0.25) is 0 Å². The van der Waals surface area contributed by atoms with E-state index in [2.05, 4.69) is 72.2 Å². The standard InChI is InChI=1S/C21H32N4S/c1-16(2)12-23(13-17(3)4)15-25-21(26)24(20(22-25)19-10-11-19)14-18-8-6-5-7-9-18/h5-9,16-17,19H,10-15H2,1-4H3. The Kier molecular flexibility index (Phi) is 6.30. The summed E-state index contributed by atoms with van der Waals surface area (Å²) in [6, 6.07) is 10.6. The average Bonchev–Trinajstić information content (AvgIpc) is 3.36. The van der Waals surface area contributed by atoms with Crippen molar-refractivity contribution in [1.29, 1.82) is 0 Å². The van der Waals surface area contributed by atoms with Crippen molar-refractivity contribution in [3.05, 3.63) is 46.5 Å². The molecule has 5 heteroatoms. The zero-order valence-electron chi connectivity index (χ0n) is 16.6. The van der Waals surface area contributed by atoms with E-state index in [1.54, 1.807) is 0 Å². The molecular formula is C21H32N4S. The molecule has 1 heterocycles. The highest BCUT2D eigenvalue weighted by Gasteiger charge is 2.30. The molecule has 1 aliphatic carbocycles. The van der Waals surface area contributed by atoms with Crippen LogP contribution in [0.5, 0.6) is 0 Å². The zero-order chi connectivity index (χ0) is 18.7. The van der Waals surface area contributed by atoms with Crippen LogP contribution in [0.2, 0.25) is 0 Å². The fourth-order valence-electron chi connectivity index (χ4n) is 3.52. The van der Waals surface area contributed by atoms with E-state index < -0.39 is 0 Å². The van der Waals surface area contributed by atoms with Crippen molar-refractivity contribution in [2.75, 3.05) is 13.1 Å². The first-order valence-electron chi connectivity index (χ1n) is 9.87. The van der Waals surface area contributed by atoms with E-state index in [4.69, 9.17) is 17.3 Å². The van der Waals surface area contributed by atoms with Crippen LogP contribution in [0.3, 0.4) is 0 Å². The summed E-state index contributed by atoms with van der Waals surface area (Å²) in [7, 11) is 0.